The molecule has 0 radical (unpaired) electrons. The number of hydrogen-bond acceptors (Lipinski definition) is 1. The molecule has 0 spiro atoms. The first-order chi connectivity index (χ1) is 6.77. The van der Waals surface area contributed by atoms with Crippen LogP contribution in [0.4, 0.5) is 4.39 Å². The van der Waals surface area contributed by atoms with Gasteiger partial charge in [-0.2, -0.15) is 0 Å². The maximum Gasteiger partial charge on any atom is 0.129 e. The molecule has 14 heavy (non-hydrogen) atoms. The highest BCUT2D eigenvalue weighted by Crippen LogP contribution is 2.09. The molecular weight excluding hydrogens is 247 g/mol. The van der Waals surface area contributed by atoms with Crippen LogP contribution in [-0.4, -0.2) is 10.4 Å². The highest BCUT2D eigenvalue weighted by atomic mass is 79.9. The lowest BCUT2D eigenvalue weighted by Crippen LogP contribution is -1.90. The fourth-order valence-corrected chi connectivity index (χ4v) is 1.16. The molecule has 0 saturated heterocycles. The molecule has 3 heteroatoms. The zero-order valence-electron chi connectivity index (χ0n) is 7.56. The second-order valence-corrected chi connectivity index (χ2v) is 3.50. The molecule has 0 bridgehead atoms. The van der Waals surface area contributed by atoms with Crippen LogP contribution in [0.25, 0.3) is 0 Å². The lowest BCUT2D eigenvalue weighted by Gasteiger charge is -1.98. The van der Waals surface area contributed by atoms with E-state index in [4.69, 9.17) is 5.11 Å². The van der Waals surface area contributed by atoms with Crippen LogP contribution in [0.2, 0.25) is 0 Å². The molecule has 0 aliphatic rings. The summed E-state index contributed by atoms with van der Waals surface area (Å²) in [6.07, 6.45) is 0.739. The second kappa shape index (κ2) is 5.79. The summed E-state index contributed by atoms with van der Waals surface area (Å²) in [4.78, 5) is 0. The van der Waals surface area contributed by atoms with E-state index >= 15 is 0 Å². The predicted octanol–water partition coefficient (Wildman–Crippen LogP) is 2.45. The molecule has 0 heterocycles. The van der Waals surface area contributed by atoms with E-state index in [1.807, 2.05) is 0 Å². The molecule has 1 N–H and O–H groups in total. The van der Waals surface area contributed by atoms with Crippen LogP contribution in [0.15, 0.2) is 18.2 Å². The van der Waals surface area contributed by atoms with Crippen molar-refractivity contribution in [2.75, 3.05) is 5.33 Å². The standard InChI is InChI=1S/C11H10BrFO/c12-6-2-1-3-9-4-5-10(8-14)11(13)7-9/h4-5,7,14H,2,6,8H2. The molecular formula is C11H10BrFO. The summed E-state index contributed by atoms with van der Waals surface area (Å²) in [6, 6.07) is 4.59. The van der Waals surface area contributed by atoms with Crippen molar-refractivity contribution in [1.29, 1.82) is 0 Å². The average Bonchev–Trinajstić information content (AvgIpc) is 2.18. The fraction of sp³-hybridized carbons (Fsp3) is 0.273. The zero-order valence-corrected chi connectivity index (χ0v) is 9.14. The minimum absolute atomic E-state index is 0.277. The summed E-state index contributed by atoms with van der Waals surface area (Å²) in [5.41, 5.74) is 0.941. The Balaban J connectivity index is 2.82. The van der Waals surface area contributed by atoms with Crippen LogP contribution in [0.3, 0.4) is 0 Å². The summed E-state index contributed by atoms with van der Waals surface area (Å²) in [6.45, 7) is -0.277. The van der Waals surface area contributed by atoms with Crippen molar-refractivity contribution in [1.82, 2.24) is 0 Å². The zero-order chi connectivity index (χ0) is 10.4. The van der Waals surface area contributed by atoms with Crippen LogP contribution in [0.1, 0.15) is 17.5 Å². The third-order valence-corrected chi connectivity index (χ3v) is 2.07. The Morgan fingerprint density at radius 1 is 1.43 bits per heavy atom. The normalized spacial score (nSPS) is 9.36. The highest BCUT2D eigenvalue weighted by Gasteiger charge is 1.99. The van der Waals surface area contributed by atoms with E-state index < -0.39 is 5.82 Å². The van der Waals surface area contributed by atoms with Gasteiger partial charge in [-0.3, -0.25) is 0 Å². The van der Waals surface area contributed by atoms with E-state index in [1.54, 1.807) is 12.1 Å². The topological polar surface area (TPSA) is 20.2 Å². The number of halogens is 2. The van der Waals surface area contributed by atoms with Gasteiger partial charge < -0.3 is 5.11 Å². The largest absolute Gasteiger partial charge is 0.392 e. The Kier molecular flexibility index (Phi) is 4.64. The van der Waals surface area contributed by atoms with E-state index in [0.717, 1.165) is 11.8 Å². The summed E-state index contributed by atoms with van der Waals surface area (Å²) >= 11 is 3.25. The molecule has 1 rings (SSSR count). The Morgan fingerprint density at radius 3 is 2.79 bits per heavy atom. The number of aliphatic hydroxyl groups excluding tert-OH is 1. The van der Waals surface area contributed by atoms with Crippen molar-refractivity contribution >= 4 is 15.9 Å². The molecule has 0 aromatic heterocycles. The van der Waals surface area contributed by atoms with Crippen molar-refractivity contribution in [2.45, 2.75) is 13.0 Å². The second-order valence-electron chi connectivity index (χ2n) is 2.71. The van der Waals surface area contributed by atoms with Gasteiger partial charge in [-0.15, -0.1) is 0 Å². The number of benzene rings is 1. The molecule has 1 nitrogen and oxygen atoms in total. The first-order valence-electron chi connectivity index (χ1n) is 4.22. The molecule has 0 amide bonds. The van der Waals surface area contributed by atoms with Gasteiger partial charge in [0, 0.05) is 22.9 Å². The Labute approximate surface area is 91.1 Å². The molecule has 0 aliphatic carbocycles. The third-order valence-electron chi connectivity index (χ3n) is 1.68. The summed E-state index contributed by atoms with van der Waals surface area (Å²) in [5, 5.41) is 9.56. The van der Waals surface area contributed by atoms with Gasteiger partial charge in [0.15, 0.2) is 0 Å². The Hall–Kier alpha value is -0.850. The van der Waals surface area contributed by atoms with Gasteiger partial charge in [-0.1, -0.05) is 33.8 Å². The van der Waals surface area contributed by atoms with Crippen molar-refractivity contribution in [3.63, 3.8) is 0 Å². The van der Waals surface area contributed by atoms with Gasteiger partial charge in [0.2, 0.25) is 0 Å². The monoisotopic (exact) mass is 256 g/mol. The van der Waals surface area contributed by atoms with Crippen molar-refractivity contribution < 1.29 is 9.50 Å². The maximum absolute atomic E-state index is 13.1. The van der Waals surface area contributed by atoms with Crippen LogP contribution in [0.5, 0.6) is 0 Å². The summed E-state index contributed by atoms with van der Waals surface area (Å²) in [5.74, 6) is 5.32. The number of alkyl halides is 1. The van der Waals surface area contributed by atoms with E-state index in [-0.39, 0.29) is 6.61 Å². The molecule has 74 valence electrons. The molecule has 0 unspecified atom stereocenters. The molecule has 0 fully saturated rings. The van der Waals surface area contributed by atoms with E-state index in [1.165, 1.54) is 6.07 Å². The van der Waals surface area contributed by atoms with E-state index in [0.29, 0.717) is 11.1 Å². The fourth-order valence-electron chi connectivity index (χ4n) is 0.965. The molecule has 1 aromatic carbocycles. The van der Waals surface area contributed by atoms with Gasteiger partial charge in [0.25, 0.3) is 0 Å². The minimum atomic E-state index is -0.404. The first kappa shape index (κ1) is 11.2. The molecule has 0 atom stereocenters. The highest BCUT2D eigenvalue weighted by molar-refractivity contribution is 9.09. The number of hydrogen-bond donors (Lipinski definition) is 1. The van der Waals surface area contributed by atoms with Crippen LogP contribution in [0, 0.1) is 17.7 Å². The SMILES string of the molecule is OCc1ccc(C#CCCBr)cc1F. The van der Waals surface area contributed by atoms with Crippen molar-refractivity contribution in [3.8, 4) is 11.8 Å². The minimum Gasteiger partial charge on any atom is -0.392 e. The van der Waals surface area contributed by atoms with E-state index in [2.05, 4.69) is 27.8 Å². The van der Waals surface area contributed by atoms with E-state index in [9.17, 15) is 4.39 Å². The van der Waals surface area contributed by atoms with Gasteiger partial charge in [0.05, 0.1) is 6.61 Å². The number of aliphatic hydroxyl groups is 1. The molecule has 0 aliphatic heterocycles. The quantitative estimate of drug-likeness (QED) is 0.637. The first-order valence-corrected chi connectivity index (χ1v) is 5.34. The van der Waals surface area contributed by atoms with Crippen LogP contribution >= 0.6 is 15.9 Å². The average molecular weight is 257 g/mol. The predicted molar refractivity (Wildman–Crippen MR) is 57.6 cm³/mol. The van der Waals surface area contributed by atoms with Gasteiger partial charge in [-0.25, -0.2) is 4.39 Å². The van der Waals surface area contributed by atoms with Crippen LogP contribution < -0.4 is 0 Å². The van der Waals surface area contributed by atoms with Crippen LogP contribution in [-0.2, 0) is 6.61 Å². The van der Waals surface area contributed by atoms with Crippen molar-refractivity contribution in [3.05, 3.63) is 35.1 Å². The van der Waals surface area contributed by atoms with Gasteiger partial charge in [0.1, 0.15) is 5.82 Å². The maximum atomic E-state index is 13.1. The molecule has 1 aromatic rings. The van der Waals surface area contributed by atoms with Gasteiger partial charge in [-0.05, 0) is 12.1 Å². The lowest BCUT2D eigenvalue weighted by atomic mass is 10.1. The smallest absolute Gasteiger partial charge is 0.129 e. The summed E-state index contributed by atoms with van der Waals surface area (Å²) < 4.78 is 13.1. The third kappa shape index (κ3) is 3.13. The molecule has 0 saturated carbocycles. The summed E-state index contributed by atoms with van der Waals surface area (Å²) in [7, 11) is 0. The number of rotatable bonds is 2. The Morgan fingerprint density at radius 2 is 2.21 bits per heavy atom. The Bertz CT molecular complexity index is 365. The lowest BCUT2D eigenvalue weighted by molar-refractivity contribution is 0.275. The van der Waals surface area contributed by atoms with Gasteiger partial charge >= 0.3 is 0 Å². The van der Waals surface area contributed by atoms with Crippen molar-refractivity contribution in [2.24, 2.45) is 0 Å².